The molecule has 0 aliphatic carbocycles. The van der Waals surface area contributed by atoms with Gasteiger partial charge in [-0.25, -0.2) is 4.79 Å². The van der Waals surface area contributed by atoms with Crippen LogP contribution in [-0.4, -0.2) is 31.0 Å². The van der Waals surface area contributed by atoms with E-state index in [1.54, 1.807) is 0 Å². The van der Waals surface area contributed by atoms with Gasteiger partial charge >= 0.3 is 12.1 Å². The van der Waals surface area contributed by atoms with Gasteiger partial charge in [0.05, 0.1) is 13.7 Å². The van der Waals surface area contributed by atoms with E-state index < -0.39 is 23.3 Å². The number of ether oxygens (including phenoxy) is 2. The summed E-state index contributed by atoms with van der Waals surface area (Å²) in [6, 6.07) is 4.35. The highest BCUT2D eigenvalue weighted by Crippen LogP contribution is 2.40. The number of hydrogen-bond acceptors (Lipinski definition) is 4. The number of aliphatic hydroxyl groups is 1. The molecule has 0 amide bonds. The molecule has 1 aromatic rings. The van der Waals surface area contributed by atoms with Gasteiger partial charge in [0, 0.05) is 5.56 Å². The smallest absolute Gasteiger partial charge is 0.432 e. The van der Waals surface area contributed by atoms with E-state index in [2.05, 4.69) is 4.74 Å². The molecule has 0 saturated heterocycles. The third kappa shape index (κ3) is 2.81. The van der Waals surface area contributed by atoms with Gasteiger partial charge in [0.1, 0.15) is 5.75 Å². The summed E-state index contributed by atoms with van der Waals surface area (Å²) in [5, 5.41) is 9.74. The lowest BCUT2D eigenvalue weighted by Crippen LogP contribution is -2.50. The number of carbonyl (C=O) groups is 1. The summed E-state index contributed by atoms with van der Waals surface area (Å²) in [6.45, 7) is 1.08. The minimum absolute atomic E-state index is 0.270. The molecule has 0 bridgehead atoms. The average Bonchev–Trinajstić information content (AvgIpc) is 2.36. The van der Waals surface area contributed by atoms with Crippen LogP contribution in [0.5, 0.6) is 5.75 Å². The molecule has 0 saturated carbocycles. The maximum atomic E-state index is 13.0. The minimum atomic E-state index is -5.19. The molecule has 1 unspecified atom stereocenters. The molecular formula is C12H13F3O4. The summed E-state index contributed by atoms with van der Waals surface area (Å²) in [7, 11) is 1.34. The number of carbonyl (C=O) groups excluding carboxylic acids is 1. The average molecular weight is 278 g/mol. The molecule has 106 valence electrons. The Morgan fingerprint density at radius 3 is 2.16 bits per heavy atom. The predicted octanol–water partition coefficient (Wildman–Crippen LogP) is 2.01. The second kappa shape index (κ2) is 5.48. The largest absolute Gasteiger partial charge is 0.497 e. The van der Waals surface area contributed by atoms with Crippen LogP contribution >= 0.6 is 0 Å². The van der Waals surface area contributed by atoms with Gasteiger partial charge in [0.2, 0.25) is 0 Å². The molecule has 0 spiro atoms. The second-order valence-electron chi connectivity index (χ2n) is 3.66. The number of esters is 1. The van der Waals surface area contributed by atoms with Crippen molar-refractivity contribution < 1.29 is 32.5 Å². The maximum absolute atomic E-state index is 13.0. The first kappa shape index (κ1) is 15.3. The molecule has 4 nitrogen and oxygen atoms in total. The number of halogens is 3. The van der Waals surface area contributed by atoms with Crippen molar-refractivity contribution in [3.05, 3.63) is 29.8 Å². The van der Waals surface area contributed by atoms with Crippen molar-refractivity contribution in [1.82, 2.24) is 0 Å². The fourth-order valence-electron chi connectivity index (χ4n) is 1.47. The van der Waals surface area contributed by atoms with Crippen LogP contribution in [0.4, 0.5) is 13.2 Å². The fourth-order valence-corrected chi connectivity index (χ4v) is 1.47. The van der Waals surface area contributed by atoms with Crippen molar-refractivity contribution in [2.24, 2.45) is 0 Å². The zero-order valence-corrected chi connectivity index (χ0v) is 10.3. The molecule has 0 fully saturated rings. The lowest BCUT2D eigenvalue weighted by molar-refractivity contribution is -0.267. The molecular weight excluding hydrogens is 265 g/mol. The maximum Gasteiger partial charge on any atom is 0.432 e. The Bertz CT molecular complexity index is 441. The molecule has 19 heavy (non-hydrogen) atoms. The lowest BCUT2D eigenvalue weighted by atomic mass is 9.93. The van der Waals surface area contributed by atoms with Crippen LogP contribution in [0.2, 0.25) is 0 Å². The SMILES string of the molecule is CCOC(=O)C(O)(c1ccc(OC)cc1)C(F)(F)F. The van der Waals surface area contributed by atoms with Crippen LogP contribution < -0.4 is 4.74 Å². The number of rotatable bonds is 4. The predicted molar refractivity (Wildman–Crippen MR) is 59.6 cm³/mol. The summed E-state index contributed by atoms with van der Waals surface area (Å²) >= 11 is 0. The molecule has 0 aromatic heterocycles. The standard InChI is InChI=1S/C12H13F3O4/c1-3-19-10(16)11(17,12(13,14)15)8-4-6-9(18-2)7-5-8/h4-7,17H,3H2,1-2H3. The van der Waals surface area contributed by atoms with Crippen molar-refractivity contribution in [3.8, 4) is 5.75 Å². The monoisotopic (exact) mass is 278 g/mol. The van der Waals surface area contributed by atoms with Crippen molar-refractivity contribution >= 4 is 5.97 Å². The Morgan fingerprint density at radius 2 is 1.79 bits per heavy atom. The summed E-state index contributed by atoms with van der Waals surface area (Å²) in [5.74, 6) is -1.45. The van der Waals surface area contributed by atoms with Crippen LogP contribution in [0, 0.1) is 0 Å². The van der Waals surface area contributed by atoms with E-state index in [0.29, 0.717) is 5.75 Å². The van der Waals surface area contributed by atoms with E-state index in [0.717, 1.165) is 12.1 Å². The third-order valence-electron chi connectivity index (χ3n) is 2.49. The quantitative estimate of drug-likeness (QED) is 0.856. The van der Waals surface area contributed by atoms with Crippen molar-refractivity contribution in [1.29, 1.82) is 0 Å². The van der Waals surface area contributed by atoms with E-state index >= 15 is 0 Å². The molecule has 1 aromatic carbocycles. The number of hydrogen-bond donors (Lipinski definition) is 1. The van der Waals surface area contributed by atoms with Crippen molar-refractivity contribution in [2.45, 2.75) is 18.7 Å². The van der Waals surface area contributed by atoms with Gasteiger partial charge in [-0.2, -0.15) is 13.2 Å². The lowest BCUT2D eigenvalue weighted by Gasteiger charge is -2.28. The van der Waals surface area contributed by atoms with Crippen LogP contribution in [0.3, 0.4) is 0 Å². The molecule has 1 N–H and O–H groups in total. The van der Waals surface area contributed by atoms with Gasteiger partial charge in [-0.05, 0) is 19.1 Å². The summed E-state index contributed by atoms with van der Waals surface area (Å²) in [5.41, 5.74) is -4.31. The third-order valence-corrected chi connectivity index (χ3v) is 2.49. The van der Waals surface area contributed by atoms with Gasteiger partial charge in [-0.3, -0.25) is 0 Å². The fraction of sp³-hybridized carbons (Fsp3) is 0.417. The van der Waals surface area contributed by atoms with Crippen LogP contribution in [0.15, 0.2) is 24.3 Å². The highest BCUT2D eigenvalue weighted by molar-refractivity contribution is 5.82. The number of benzene rings is 1. The normalized spacial score (nSPS) is 14.6. The molecule has 1 rings (SSSR count). The Hall–Kier alpha value is -1.76. The molecule has 0 aliphatic rings. The van der Waals surface area contributed by atoms with E-state index in [1.165, 1.54) is 26.2 Å². The van der Waals surface area contributed by atoms with Crippen LogP contribution in [0.1, 0.15) is 12.5 Å². The zero-order valence-electron chi connectivity index (χ0n) is 10.3. The van der Waals surface area contributed by atoms with Crippen LogP contribution in [0.25, 0.3) is 0 Å². The van der Waals surface area contributed by atoms with Crippen molar-refractivity contribution in [3.63, 3.8) is 0 Å². The zero-order chi connectivity index (χ0) is 14.7. The topological polar surface area (TPSA) is 55.8 Å². The minimum Gasteiger partial charge on any atom is -0.497 e. The molecule has 0 heterocycles. The molecule has 1 atom stereocenters. The highest BCUT2D eigenvalue weighted by atomic mass is 19.4. The van der Waals surface area contributed by atoms with Gasteiger partial charge in [-0.15, -0.1) is 0 Å². The van der Waals surface area contributed by atoms with Gasteiger partial charge in [0.15, 0.2) is 0 Å². The molecule has 0 radical (unpaired) electrons. The van der Waals surface area contributed by atoms with Gasteiger partial charge < -0.3 is 14.6 Å². The first-order valence-electron chi connectivity index (χ1n) is 5.38. The number of methoxy groups -OCH3 is 1. The Balaban J connectivity index is 3.27. The number of alkyl halides is 3. The molecule has 7 heteroatoms. The van der Waals surface area contributed by atoms with Crippen LogP contribution in [-0.2, 0) is 15.1 Å². The Labute approximate surface area is 107 Å². The summed E-state index contributed by atoms with van der Waals surface area (Å²) < 4.78 is 48.0. The van der Waals surface area contributed by atoms with Crippen molar-refractivity contribution in [2.75, 3.05) is 13.7 Å². The first-order valence-corrected chi connectivity index (χ1v) is 5.38. The second-order valence-corrected chi connectivity index (χ2v) is 3.66. The van der Waals surface area contributed by atoms with Gasteiger partial charge in [-0.1, -0.05) is 12.1 Å². The molecule has 0 aliphatic heterocycles. The Kier molecular flexibility index (Phi) is 4.41. The Morgan fingerprint density at radius 1 is 1.26 bits per heavy atom. The van der Waals surface area contributed by atoms with E-state index in [-0.39, 0.29) is 6.61 Å². The first-order chi connectivity index (χ1) is 8.77. The van der Waals surface area contributed by atoms with E-state index in [4.69, 9.17) is 4.74 Å². The summed E-state index contributed by atoms with van der Waals surface area (Å²) in [4.78, 5) is 11.4. The van der Waals surface area contributed by atoms with Gasteiger partial charge in [0.25, 0.3) is 5.60 Å². The van der Waals surface area contributed by atoms with E-state index in [1.807, 2.05) is 0 Å². The highest BCUT2D eigenvalue weighted by Gasteiger charge is 2.62. The van der Waals surface area contributed by atoms with E-state index in [9.17, 15) is 23.1 Å². The summed E-state index contributed by atoms with van der Waals surface area (Å²) in [6.07, 6.45) is -5.19.